The smallest absolute Gasteiger partial charge is 0.161 e. The van der Waals surface area contributed by atoms with Gasteiger partial charge in [0.1, 0.15) is 5.82 Å². The van der Waals surface area contributed by atoms with Crippen LogP contribution in [-0.4, -0.2) is 16.9 Å². The van der Waals surface area contributed by atoms with Gasteiger partial charge in [0.25, 0.3) is 0 Å². The summed E-state index contributed by atoms with van der Waals surface area (Å²) in [5.74, 6) is 0.409. The fourth-order valence-corrected chi connectivity index (χ4v) is 2.34. The van der Waals surface area contributed by atoms with Crippen LogP contribution in [0, 0.1) is 5.82 Å². The molecule has 2 rings (SSSR count). The highest BCUT2D eigenvalue weighted by molar-refractivity contribution is 5.35. The molecule has 0 aliphatic rings. The Morgan fingerprint density at radius 2 is 1.90 bits per heavy atom. The molecule has 0 fully saturated rings. The molecule has 5 heteroatoms. The van der Waals surface area contributed by atoms with Gasteiger partial charge in [-0.05, 0) is 17.7 Å². The molecule has 0 amide bonds. The van der Waals surface area contributed by atoms with Crippen LogP contribution < -0.4 is 10.5 Å². The minimum Gasteiger partial charge on any atom is -0.493 e. The lowest BCUT2D eigenvalue weighted by Gasteiger charge is -2.32. The first kappa shape index (κ1) is 14.5. The fraction of sp³-hybridized carbons (Fsp3) is 0.400. The maximum absolute atomic E-state index is 13.1. The average molecular weight is 277 g/mol. The van der Waals surface area contributed by atoms with Crippen LogP contribution in [-0.2, 0) is 12.5 Å². The topological polar surface area (TPSA) is 53.1 Å². The van der Waals surface area contributed by atoms with E-state index in [1.54, 1.807) is 30.1 Å². The van der Waals surface area contributed by atoms with Gasteiger partial charge in [-0.3, -0.25) is 4.68 Å². The van der Waals surface area contributed by atoms with Gasteiger partial charge in [-0.2, -0.15) is 5.10 Å². The van der Waals surface area contributed by atoms with E-state index in [1.165, 1.54) is 12.1 Å². The molecular weight excluding hydrogens is 257 g/mol. The number of hydrogen-bond acceptors (Lipinski definition) is 3. The molecule has 4 nitrogen and oxygen atoms in total. The van der Waals surface area contributed by atoms with Crippen LogP contribution in [0.3, 0.4) is 0 Å². The SMILES string of the molecule is COc1cnn(C)c1C(N)C(C)(C)c1ccc(F)cc1. The molecule has 0 aliphatic carbocycles. The Bertz CT molecular complexity index is 590. The van der Waals surface area contributed by atoms with Gasteiger partial charge >= 0.3 is 0 Å². The third-order valence-electron chi connectivity index (χ3n) is 3.83. The lowest BCUT2D eigenvalue weighted by Crippen LogP contribution is -2.34. The number of benzene rings is 1. The Hall–Kier alpha value is -1.88. The van der Waals surface area contributed by atoms with Gasteiger partial charge in [0.2, 0.25) is 0 Å². The van der Waals surface area contributed by atoms with Gasteiger partial charge in [-0.15, -0.1) is 0 Å². The van der Waals surface area contributed by atoms with E-state index in [0.717, 1.165) is 11.3 Å². The van der Waals surface area contributed by atoms with Gasteiger partial charge in [0.15, 0.2) is 5.75 Å². The first-order valence-electron chi connectivity index (χ1n) is 6.45. The zero-order chi connectivity index (χ0) is 14.9. The molecule has 1 aromatic carbocycles. The maximum Gasteiger partial charge on any atom is 0.161 e. The summed E-state index contributed by atoms with van der Waals surface area (Å²) in [5.41, 5.74) is 7.84. The molecule has 0 saturated heterocycles. The molecule has 20 heavy (non-hydrogen) atoms. The van der Waals surface area contributed by atoms with Gasteiger partial charge in [0.05, 0.1) is 25.0 Å². The van der Waals surface area contributed by atoms with E-state index in [4.69, 9.17) is 10.5 Å². The summed E-state index contributed by atoms with van der Waals surface area (Å²) in [4.78, 5) is 0. The summed E-state index contributed by atoms with van der Waals surface area (Å²) in [6, 6.07) is 6.10. The van der Waals surface area contributed by atoms with E-state index in [1.807, 2.05) is 20.9 Å². The molecule has 1 aromatic heterocycles. The monoisotopic (exact) mass is 277 g/mol. The average Bonchev–Trinajstić information content (AvgIpc) is 2.79. The van der Waals surface area contributed by atoms with E-state index in [9.17, 15) is 4.39 Å². The van der Waals surface area contributed by atoms with Crippen molar-refractivity contribution < 1.29 is 9.13 Å². The van der Waals surface area contributed by atoms with Crippen molar-refractivity contribution in [1.29, 1.82) is 0 Å². The zero-order valence-corrected chi connectivity index (χ0v) is 12.2. The minimum atomic E-state index is -0.380. The molecule has 108 valence electrons. The molecule has 0 spiro atoms. The number of aromatic nitrogens is 2. The molecule has 0 aliphatic heterocycles. The number of hydrogen-bond donors (Lipinski definition) is 1. The predicted octanol–water partition coefficient (Wildman–Crippen LogP) is 2.55. The van der Waals surface area contributed by atoms with E-state index < -0.39 is 0 Å². The molecule has 1 atom stereocenters. The van der Waals surface area contributed by atoms with Crippen LogP contribution in [0.5, 0.6) is 5.75 Å². The first-order chi connectivity index (χ1) is 9.37. The van der Waals surface area contributed by atoms with Gasteiger partial charge in [-0.1, -0.05) is 26.0 Å². The summed E-state index contributed by atoms with van der Waals surface area (Å²) >= 11 is 0. The van der Waals surface area contributed by atoms with Crippen molar-refractivity contribution in [3.05, 3.63) is 47.5 Å². The Kier molecular flexibility index (Phi) is 3.81. The zero-order valence-electron chi connectivity index (χ0n) is 12.2. The second-order valence-corrected chi connectivity index (χ2v) is 5.43. The number of nitrogens with zero attached hydrogens (tertiary/aromatic N) is 2. The van der Waals surface area contributed by atoms with E-state index >= 15 is 0 Å². The summed E-state index contributed by atoms with van der Waals surface area (Å²) in [7, 11) is 3.43. The van der Waals surface area contributed by atoms with E-state index in [2.05, 4.69) is 5.10 Å². The number of rotatable bonds is 4. The number of methoxy groups -OCH3 is 1. The van der Waals surface area contributed by atoms with Crippen molar-refractivity contribution in [3.8, 4) is 5.75 Å². The molecule has 2 N–H and O–H groups in total. The number of halogens is 1. The predicted molar refractivity (Wildman–Crippen MR) is 76.1 cm³/mol. The fourth-order valence-electron chi connectivity index (χ4n) is 2.34. The highest BCUT2D eigenvalue weighted by Crippen LogP contribution is 2.38. The standard InChI is InChI=1S/C15H20FN3O/c1-15(2,10-5-7-11(16)8-6-10)14(17)13-12(20-4)9-18-19(13)3/h5-9,14H,17H2,1-4H3. The van der Waals surface area contributed by atoms with Crippen molar-refractivity contribution in [2.75, 3.05) is 7.11 Å². The third kappa shape index (κ3) is 2.41. The Morgan fingerprint density at radius 1 is 1.30 bits per heavy atom. The van der Waals surface area contributed by atoms with Gasteiger partial charge < -0.3 is 10.5 Å². The van der Waals surface area contributed by atoms with Crippen LogP contribution in [0.4, 0.5) is 4.39 Å². The van der Waals surface area contributed by atoms with Crippen molar-refractivity contribution >= 4 is 0 Å². The summed E-state index contributed by atoms with van der Waals surface area (Å²) in [5, 5.41) is 4.18. The summed E-state index contributed by atoms with van der Waals surface area (Å²) < 4.78 is 20.1. The Labute approximate surface area is 118 Å². The van der Waals surface area contributed by atoms with Crippen LogP contribution in [0.25, 0.3) is 0 Å². The van der Waals surface area contributed by atoms with Crippen LogP contribution >= 0.6 is 0 Å². The summed E-state index contributed by atoms with van der Waals surface area (Å²) in [6.45, 7) is 4.05. The Morgan fingerprint density at radius 3 is 2.45 bits per heavy atom. The largest absolute Gasteiger partial charge is 0.493 e. The third-order valence-corrected chi connectivity index (χ3v) is 3.83. The Balaban J connectivity index is 2.42. The van der Waals surface area contributed by atoms with Crippen molar-refractivity contribution in [2.45, 2.75) is 25.3 Å². The van der Waals surface area contributed by atoms with E-state index in [0.29, 0.717) is 5.75 Å². The molecule has 0 saturated carbocycles. The second kappa shape index (κ2) is 5.25. The molecule has 0 bridgehead atoms. The number of aryl methyl sites for hydroxylation is 1. The highest BCUT2D eigenvalue weighted by atomic mass is 19.1. The normalized spacial score (nSPS) is 13.3. The molecule has 1 heterocycles. The molecular formula is C15H20FN3O. The second-order valence-electron chi connectivity index (χ2n) is 5.43. The van der Waals surface area contributed by atoms with Crippen LogP contribution in [0.2, 0.25) is 0 Å². The first-order valence-corrected chi connectivity index (χ1v) is 6.45. The van der Waals surface area contributed by atoms with Crippen LogP contribution in [0.1, 0.15) is 31.1 Å². The lowest BCUT2D eigenvalue weighted by molar-refractivity contribution is 0.364. The van der Waals surface area contributed by atoms with Crippen LogP contribution in [0.15, 0.2) is 30.5 Å². The molecule has 1 unspecified atom stereocenters. The number of nitrogens with two attached hydrogens (primary N) is 1. The lowest BCUT2D eigenvalue weighted by atomic mass is 9.76. The summed E-state index contributed by atoms with van der Waals surface area (Å²) in [6.07, 6.45) is 1.65. The van der Waals surface area contributed by atoms with Gasteiger partial charge in [0, 0.05) is 12.5 Å². The number of ether oxygens (including phenoxy) is 1. The van der Waals surface area contributed by atoms with Crippen molar-refractivity contribution in [2.24, 2.45) is 12.8 Å². The molecule has 0 radical (unpaired) electrons. The minimum absolute atomic E-state index is 0.253. The van der Waals surface area contributed by atoms with E-state index in [-0.39, 0.29) is 17.3 Å². The van der Waals surface area contributed by atoms with Crippen molar-refractivity contribution in [1.82, 2.24) is 9.78 Å². The maximum atomic E-state index is 13.1. The van der Waals surface area contributed by atoms with Crippen molar-refractivity contribution in [3.63, 3.8) is 0 Å². The highest BCUT2D eigenvalue weighted by Gasteiger charge is 2.33. The molecule has 2 aromatic rings. The van der Waals surface area contributed by atoms with Gasteiger partial charge in [-0.25, -0.2) is 4.39 Å². The quantitative estimate of drug-likeness (QED) is 0.934.